The number of rotatable bonds is 9. The molecule has 12 heteroatoms. The molecule has 0 spiro atoms. The molecular formula is C23H22F2N4O6. The van der Waals surface area contributed by atoms with Crippen molar-refractivity contribution in [1.82, 2.24) is 10.2 Å². The molecular weight excluding hydrogens is 466 g/mol. The first-order valence-electron chi connectivity index (χ1n) is 10.8. The van der Waals surface area contributed by atoms with Gasteiger partial charge in [-0.25, -0.2) is 0 Å². The van der Waals surface area contributed by atoms with E-state index in [2.05, 4.69) is 25.6 Å². The Morgan fingerprint density at radius 3 is 2.43 bits per heavy atom. The van der Waals surface area contributed by atoms with E-state index in [1.54, 1.807) is 30.3 Å². The van der Waals surface area contributed by atoms with Crippen LogP contribution in [0.15, 0.2) is 52.9 Å². The van der Waals surface area contributed by atoms with Gasteiger partial charge in [-0.3, -0.25) is 9.59 Å². The smallest absolute Gasteiger partial charge is 0.387 e. The Hall–Kier alpha value is -4.22. The summed E-state index contributed by atoms with van der Waals surface area (Å²) in [6.45, 7) is -2.96. The van der Waals surface area contributed by atoms with E-state index in [1.807, 2.05) is 0 Å². The summed E-state index contributed by atoms with van der Waals surface area (Å²) in [5, 5.41) is 21.8. The third-order valence-electron chi connectivity index (χ3n) is 5.37. The maximum absolute atomic E-state index is 12.4. The van der Waals surface area contributed by atoms with Gasteiger partial charge in [-0.05, 0) is 62.1 Å². The number of halogens is 2. The molecule has 35 heavy (non-hydrogen) atoms. The SMILES string of the molecule is O=C(Nc1ccc(OC2CCC(C(=O)O)CC2)cc1)c1nnc(Nc2cccc(OC(F)F)c2)o1. The van der Waals surface area contributed by atoms with Crippen molar-refractivity contribution >= 4 is 29.3 Å². The first-order valence-corrected chi connectivity index (χ1v) is 10.8. The molecule has 3 aromatic rings. The number of ether oxygens (including phenoxy) is 2. The summed E-state index contributed by atoms with van der Waals surface area (Å²) in [7, 11) is 0. The molecule has 1 amide bonds. The number of hydrogen-bond acceptors (Lipinski definition) is 8. The second-order valence-corrected chi connectivity index (χ2v) is 7.85. The van der Waals surface area contributed by atoms with Gasteiger partial charge in [0.1, 0.15) is 11.5 Å². The summed E-state index contributed by atoms with van der Waals surface area (Å²) < 4.78 is 40.3. The highest BCUT2D eigenvalue weighted by Crippen LogP contribution is 2.28. The molecule has 1 aliphatic carbocycles. The fraction of sp³-hybridized carbons (Fsp3) is 0.304. The zero-order valence-electron chi connectivity index (χ0n) is 18.3. The number of alkyl halides is 2. The summed E-state index contributed by atoms with van der Waals surface area (Å²) in [6.07, 6.45) is 2.48. The van der Waals surface area contributed by atoms with Crippen molar-refractivity contribution in [3.63, 3.8) is 0 Å². The van der Waals surface area contributed by atoms with Crippen molar-refractivity contribution in [2.24, 2.45) is 5.92 Å². The normalized spacial score (nSPS) is 17.6. The lowest BCUT2D eigenvalue weighted by Crippen LogP contribution is -2.27. The van der Waals surface area contributed by atoms with Gasteiger partial charge in [0.15, 0.2) is 0 Å². The fourth-order valence-electron chi connectivity index (χ4n) is 3.66. The maximum Gasteiger partial charge on any atom is 0.387 e. The minimum Gasteiger partial charge on any atom is -0.490 e. The zero-order chi connectivity index (χ0) is 24.8. The Balaban J connectivity index is 1.29. The number of benzene rings is 2. The third kappa shape index (κ3) is 6.65. The molecule has 184 valence electrons. The van der Waals surface area contributed by atoms with Gasteiger partial charge in [0, 0.05) is 17.4 Å². The highest BCUT2D eigenvalue weighted by atomic mass is 19.3. The van der Waals surface area contributed by atoms with Crippen LogP contribution in [-0.4, -0.2) is 39.9 Å². The van der Waals surface area contributed by atoms with Gasteiger partial charge in [-0.2, -0.15) is 8.78 Å². The molecule has 3 N–H and O–H groups in total. The topological polar surface area (TPSA) is 136 Å². The highest BCUT2D eigenvalue weighted by molar-refractivity contribution is 6.00. The van der Waals surface area contributed by atoms with Gasteiger partial charge in [0.05, 0.1) is 12.0 Å². The molecule has 1 aromatic heterocycles. The first-order chi connectivity index (χ1) is 16.9. The van der Waals surface area contributed by atoms with E-state index in [9.17, 15) is 18.4 Å². The number of carboxylic acid groups (broad SMARTS) is 1. The molecule has 0 saturated heterocycles. The summed E-state index contributed by atoms with van der Waals surface area (Å²) in [6, 6.07) is 12.4. The van der Waals surface area contributed by atoms with Gasteiger partial charge >= 0.3 is 30.4 Å². The van der Waals surface area contributed by atoms with Crippen LogP contribution in [0.25, 0.3) is 0 Å². The van der Waals surface area contributed by atoms with Gasteiger partial charge < -0.3 is 29.6 Å². The highest BCUT2D eigenvalue weighted by Gasteiger charge is 2.27. The van der Waals surface area contributed by atoms with Crippen molar-refractivity contribution in [2.75, 3.05) is 10.6 Å². The van der Waals surface area contributed by atoms with Crippen LogP contribution in [-0.2, 0) is 4.79 Å². The molecule has 0 radical (unpaired) electrons. The molecule has 10 nitrogen and oxygen atoms in total. The van der Waals surface area contributed by atoms with E-state index in [4.69, 9.17) is 14.3 Å². The number of carboxylic acids is 1. The molecule has 0 aliphatic heterocycles. The summed E-state index contributed by atoms with van der Waals surface area (Å²) >= 11 is 0. The molecule has 0 atom stereocenters. The minimum atomic E-state index is -2.96. The second kappa shape index (κ2) is 10.8. The van der Waals surface area contributed by atoms with Crippen molar-refractivity contribution in [2.45, 2.75) is 38.4 Å². The Morgan fingerprint density at radius 1 is 1.00 bits per heavy atom. The molecule has 1 fully saturated rings. The minimum absolute atomic E-state index is 0.0435. The Morgan fingerprint density at radius 2 is 1.74 bits per heavy atom. The Kier molecular flexibility index (Phi) is 7.38. The zero-order valence-corrected chi connectivity index (χ0v) is 18.3. The molecule has 2 aromatic carbocycles. The number of amides is 1. The van der Waals surface area contributed by atoms with Crippen LogP contribution in [0.1, 0.15) is 36.4 Å². The van der Waals surface area contributed by atoms with Gasteiger partial charge in [-0.15, -0.1) is 5.10 Å². The van der Waals surface area contributed by atoms with Crippen LogP contribution in [0, 0.1) is 5.92 Å². The average molecular weight is 488 g/mol. The van der Waals surface area contributed by atoms with Crippen molar-refractivity contribution in [3.05, 3.63) is 54.4 Å². The number of nitrogens with one attached hydrogen (secondary N) is 2. The number of aromatic nitrogens is 2. The predicted octanol–water partition coefficient (Wildman–Crippen LogP) is 4.69. The molecule has 1 heterocycles. The van der Waals surface area contributed by atoms with Gasteiger partial charge in [0.25, 0.3) is 0 Å². The van der Waals surface area contributed by atoms with Crippen LogP contribution < -0.4 is 20.1 Å². The van der Waals surface area contributed by atoms with Crippen LogP contribution in [0.3, 0.4) is 0 Å². The Bertz CT molecular complexity index is 1160. The second-order valence-electron chi connectivity index (χ2n) is 7.85. The van der Waals surface area contributed by atoms with E-state index in [-0.39, 0.29) is 29.7 Å². The van der Waals surface area contributed by atoms with Crippen molar-refractivity contribution in [3.8, 4) is 11.5 Å². The number of aliphatic carboxylic acids is 1. The quantitative estimate of drug-likeness (QED) is 0.392. The van der Waals surface area contributed by atoms with Gasteiger partial charge in [0.2, 0.25) is 0 Å². The number of carbonyl (C=O) groups is 2. The number of nitrogens with zero attached hydrogens (tertiary/aromatic N) is 2. The number of carbonyl (C=O) groups excluding carboxylic acids is 1. The van der Waals surface area contributed by atoms with Crippen molar-refractivity contribution in [1.29, 1.82) is 0 Å². The number of anilines is 3. The summed E-state index contributed by atoms with van der Waals surface area (Å²) in [5.74, 6) is -1.45. The molecule has 0 unspecified atom stereocenters. The summed E-state index contributed by atoms with van der Waals surface area (Å²) in [5.41, 5.74) is 0.826. The predicted molar refractivity (Wildman–Crippen MR) is 119 cm³/mol. The van der Waals surface area contributed by atoms with Crippen LogP contribution >= 0.6 is 0 Å². The van der Waals surface area contributed by atoms with E-state index in [0.717, 1.165) is 0 Å². The summed E-state index contributed by atoms with van der Waals surface area (Å²) in [4.78, 5) is 23.5. The molecule has 1 saturated carbocycles. The molecule has 0 bridgehead atoms. The van der Waals surface area contributed by atoms with E-state index in [0.29, 0.717) is 42.8 Å². The first kappa shape index (κ1) is 23.9. The van der Waals surface area contributed by atoms with Crippen LogP contribution in [0.5, 0.6) is 11.5 Å². The average Bonchev–Trinajstić information content (AvgIpc) is 3.29. The molecule has 4 rings (SSSR count). The third-order valence-corrected chi connectivity index (χ3v) is 5.37. The van der Waals surface area contributed by atoms with Crippen LogP contribution in [0.2, 0.25) is 0 Å². The maximum atomic E-state index is 12.4. The fourth-order valence-corrected chi connectivity index (χ4v) is 3.66. The van der Waals surface area contributed by atoms with E-state index >= 15 is 0 Å². The number of hydrogen-bond donors (Lipinski definition) is 3. The van der Waals surface area contributed by atoms with Gasteiger partial charge in [-0.1, -0.05) is 11.2 Å². The standard InChI is InChI=1S/C23H22F2N4O6/c24-22(25)34-18-3-1-2-15(12-18)27-23-29-28-20(35-23)19(30)26-14-6-10-17(11-7-14)33-16-8-4-13(5-9-16)21(31)32/h1-3,6-7,10-13,16,22H,4-5,8-9H2,(H,26,30)(H,27,29)(H,31,32). The Labute approximate surface area is 198 Å². The largest absolute Gasteiger partial charge is 0.490 e. The lowest BCUT2D eigenvalue weighted by Gasteiger charge is -2.26. The lowest BCUT2D eigenvalue weighted by atomic mass is 9.87. The van der Waals surface area contributed by atoms with Crippen molar-refractivity contribution < 1.29 is 37.4 Å². The van der Waals surface area contributed by atoms with Crippen LogP contribution in [0.4, 0.5) is 26.2 Å². The monoisotopic (exact) mass is 488 g/mol. The van der Waals surface area contributed by atoms with E-state index < -0.39 is 18.5 Å². The lowest BCUT2D eigenvalue weighted by molar-refractivity contribution is -0.143. The van der Waals surface area contributed by atoms with E-state index in [1.165, 1.54) is 18.2 Å². The molecule has 1 aliphatic rings.